The van der Waals surface area contributed by atoms with Gasteiger partial charge in [-0.1, -0.05) is 27.7 Å². The number of hydrogen-bond acceptors (Lipinski definition) is 3. The number of nitrogens with one attached hydrogen (secondary N) is 1. The highest BCUT2D eigenvalue weighted by Crippen LogP contribution is 2.30. The van der Waals surface area contributed by atoms with Gasteiger partial charge in [-0.2, -0.15) is 0 Å². The first-order chi connectivity index (χ1) is 9.91. The molecule has 2 aliphatic heterocycles. The van der Waals surface area contributed by atoms with Crippen molar-refractivity contribution in [2.45, 2.75) is 72.1 Å². The molecule has 21 heavy (non-hydrogen) atoms. The van der Waals surface area contributed by atoms with Gasteiger partial charge in [-0.3, -0.25) is 10.1 Å². The lowest BCUT2D eigenvalue weighted by Crippen LogP contribution is -2.48. The summed E-state index contributed by atoms with van der Waals surface area (Å²) in [5.41, 5.74) is 0. The van der Waals surface area contributed by atoms with Gasteiger partial charge in [-0.15, -0.1) is 0 Å². The van der Waals surface area contributed by atoms with E-state index in [2.05, 4.69) is 44.8 Å². The molecule has 1 N–H and O–H groups in total. The molecule has 0 spiro atoms. The predicted molar refractivity (Wildman–Crippen MR) is 84.9 cm³/mol. The van der Waals surface area contributed by atoms with E-state index in [1.54, 1.807) is 0 Å². The highest BCUT2D eigenvalue weighted by Gasteiger charge is 2.44. The Morgan fingerprint density at radius 1 is 1.19 bits per heavy atom. The Balaban J connectivity index is 2.12. The summed E-state index contributed by atoms with van der Waals surface area (Å²) in [6.45, 7) is 12.6. The van der Waals surface area contributed by atoms with Crippen molar-refractivity contribution < 1.29 is 9.53 Å². The summed E-state index contributed by atoms with van der Waals surface area (Å²) in [6, 6.07) is 0.289. The molecule has 3 atom stereocenters. The van der Waals surface area contributed by atoms with Crippen LogP contribution in [0.4, 0.5) is 0 Å². The van der Waals surface area contributed by atoms with Gasteiger partial charge >= 0.3 is 0 Å². The fourth-order valence-electron chi connectivity index (χ4n) is 3.69. The Labute approximate surface area is 129 Å². The molecular formula is C17H32N2O2. The second-order valence-corrected chi connectivity index (χ2v) is 7.47. The van der Waals surface area contributed by atoms with Crippen molar-refractivity contribution in [3.05, 3.63) is 0 Å². The van der Waals surface area contributed by atoms with Gasteiger partial charge < -0.3 is 9.64 Å². The molecule has 4 heteroatoms. The average molecular weight is 296 g/mol. The average Bonchev–Trinajstić information content (AvgIpc) is 2.75. The molecule has 2 saturated heterocycles. The second kappa shape index (κ2) is 7.10. The minimum Gasteiger partial charge on any atom is -0.381 e. The van der Waals surface area contributed by atoms with Crippen LogP contribution in [0.25, 0.3) is 0 Å². The lowest BCUT2D eigenvalue weighted by molar-refractivity contribution is -0.134. The highest BCUT2D eigenvalue weighted by atomic mass is 16.5. The third-order valence-corrected chi connectivity index (χ3v) is 4.98. The van der Waals surface area contributed by atoms with Gasteiger partial charge in [-0.25, -0.2) is 0 Å². The van der Waals surface area contributed by atoms with Crippen molar-refractivity contribution in [2.75, 3.05) is 13.2 Å². The summed E-state index contributed by atoms with van der Waals surface area (Å²) in [4.78, 5) is 15.0. The fraction of sp³-hybridized carbons (Fsp3) is 0.941. The molecule has 0 aromatic carbocycles. The molecule has 2 aliphatic rings. The minimum atomic E-state index is -0.0176. The maximum absolute atomic E-state index is 12.9. The zero-order chi connectivity index (χ0) is 15.6. The lowest BCUT2D eigenvalue weighted by atomic mass is 9.91. The number of carbonyl (C=O) groups excluding carboxylic acids is 1. The predicted octanol–water partition coefficient (Wildman–Crippen LogP) is 2.63. The Morgan fingerprint density at radius 2 is 1.81 bits per heavy atom. The van der Waals surface area contributed by atoms with Crippen LogP contribution in [-0.2, 0) is 9.53 Å². The molecule has 1 amide bonds. The zero-order valence-electron chi connectivity index (χ0n) is 14.3. The van der Waals surface area contributed by atoms with Gasteiger partial charge in [0.05, 0.1) is 12.2 Å². The van der Waals surface area contributed by atoms with E-state index in [0.717, 1.165) is 32.5 Å². The number of nitrogens with zero attached hydrogens (tertiary/aromatic N) is 1. The quantitative estimate of drug-likeness (QED) is 0.848. The maximum Gasteiger partial charge on any atom is 0.241 e. The summed E-state index contributed by atoms with van der Waals surface area (Å²) in [5, 5.41) is 3.59. The van der Waals surface area contributed by atoms with E-state index in [1.807, 2.05) is 0 Å². The summed E-state index contributed by atoms with van der Waals surface area (Å²) >= 11 is 0. The molecule has 2 rings (SSSR count). The molecule has 0 saturated carbocycles. The van der Waals surface area contributed by atoms with E-state index >= 15 is 0 Å². The van der Waals surface area contributed by atoms with Gasteiger partial charge in [0.2, 0.25) is 5.91 Å². The number of amides is 1. The van der Waals surface area contributed by atoms with Crippen molar-refractivity contribution in [1.29, 1.82) is 0 Å². The third kappa shape index (κ3) is 3.78. The minimum absolute atomic E-state index is 0.0176. The fourth-order valence-corrected chi connectivity index (χ4v) is 3.69. The van der Waals surface area contributed by atoms with Crippen molar-refractivity contribution in [3.63, 3.8) is 0 Å². The summed E-state index contributed by atoms with van der Waals surface area (Å²) < 4.78 is 5.47. The zero-order valence-corrected chi connectivity index (χ0v) is 14.3. The SMILES string of the molecule is CC(C)CC1NC(C(C)C)C(=O)N1C(C)C1CCOCC1. The van der Waals surface area contributed by atoms with E-state index in [1.165, 1.54) is 0 Å². The number of carbonyl (C=O) groups is 1. The van der Waals surface area contributed by atoms with Gasteiger partial charge in [0.15, 0.2) is 0 Å². The monoisotopic (exact) mass is 296 g/mol. The summed E-state index contributed by atoms with van der Waals surface area (Å²) in [6.07, 6.45) is 3.38. The van der Waals surface area contributed by atoms with Crippen LogP contribution in [0.1, 0.15) is 53.9 Å². The van der Waals surface area contributed by atoms with Crippen molar-refractivity contribution >= 4 is 5.91 Å². The molecule has 3 unspecified atom stereocenters. The Kier molecular flexibility index (Phi) is 5.67. The molecule has 0 bridgehead atoms. The standard InChI is InChI=1S/C17H32N2O2/c1-11(2)10-15-18-16(12(3)4)17(20)19(15)13(5)14-6-8-21-9-7-14/h11-16,18H,6-10H2,1-5H3. The number of rotatable bonds is 5. The molecule has 2 fully saturated rings. The smallest absolute Gasteiger partial charge is 0.241 e. The van der Waals surface area contributed by atoms with Crippen molar-refractivity contribution in [2.24, 2.45) is 17.8 Å². The van der Waals surface area contributed by atoms with Gasteiger partial charge in [-0.05, 0) is 43.9 Å². The van der Waals surface area contributed by atoms with Gasteiger partial charge in [0.25, 0.3) is 0 Å². The van der Waals surface area contributed by atoms with Crippen LogP contribution in [0, 0.1) is 17.8 Å². The van der Waals surface area contributed by atoms with Crippen molar-refractivity contribution in [1.82, 2.24) is 10.2 Å². The summed E-state index contributed by atoms with van der Waals surface area (Å²) in [7, 11) is 0. The number of ether oxygens (including phenoxy) is 1. The first-order valence-corrected chi connectivity index (χ1v) is 8.57. The van der Waals surface area contributed by atoms with E-state index < -0.39 is 0 Å². The Hall–Kier alpha value is -0.610. The van der Waals surface area contributed by atoms with Crippen LogP contribution >= 0.6 is 0 Å². The second-order valence-electron chi connectivity index (χ2n) is 7.47. The molecule has 122 valence electrons. The normalized spacial score (nSPS) is 29.7. The molecule has 0 aromatic rings. The number of hydrogen-bond donors (Lipinski definition) is 1. The van der Waals surface area contributed by atoms with Gasteiger partial charge in [0, 0.05) is 19.3 Å². The van der Waals surface area contributed by atoms with E-state index in [4.69, 9.17) is 4.74 Å². The van der Waals surface area contributed by atoms with Crippen LogP contribution in [0.2, 0.25) is 0 Å². The first kappa shape index (κ1) is 16.8. The molecule has 4 nitrogen and oxygen atoms in total. The van der Waals surface area contributed by atoms with Crippen LogP contribution in [0.5, 0.6) is 0 Å². The Morgan fingerprint density at radius 3 is 2.33 bits per heavy atom. The molecule has 0 aromatic heterocycles. The Bertz CT molecular complexity index is 351. The third-order valence-electron chi connectivity index (χ3n) is 4.98. The van der Waals surface area contributed by atoms with E-state index in [9.17, 15) is 4.79 Å². The van der Waals surface area contributed by atoms with Crippen LogP contribution in [-0.4, -0.2) is 42.3 Å². The van der Waals surface area contributed by atoms with Crippen molar-refractivity contribution in [3.8, 4) is 0 Å². The highest BCUT2D eigenvalue weighted by molar-refractivity contribution is 5.85. The molecule has 2 heterocycles. The van der Waals surface area contributed by atoms with Gasteiger partial charge in [0.1, 0.15) is 0 Å². The molecule has 0 aliphatic carbocycles. The topological polar surface area (TPSA) is 41.6 Å². The van der Waals surface area contributed by atoms with Crippen LogP contribution in [0.3, 0.4) is 0 Å². The van der Waals surface area contributed by atoms with Crippen LogP contribution in [0.15, 0.2) is 0 Å². The largest absolute Gasteiger partial charge is 0.381 e. The molecular weight excluding hydrogens is 264 g/mol. The van der Waals surface area contributed by atoms with E-state index in [-0.39, 0.29) is 12.2 Å². The summed E-state index contributed by atoms with van der Waals surface area (Å²) in [5.74, 6) is 1.81. The first-order valence-electron chi connectivity index (χ1n) is 8.57. The maximum atomic E-state index is 12.9. The lowest BCUT2D eigenvalue weighted by Gasteiger charge is -2.37. The molecule has 0 radical (unpaired) electrons. The van der Waals surface area contributed by atoms with E-state index in [0.29, 0.717) is 29.7 Å². The van der Waals surface area contributed by atoms with Crippen LogP contribution < -0.4 is 5.32 Å².